The first-order chi connectivity index (χ1) is 20.5. The molecule has 0 N–H and O–H groups in total. The Labute approximate surface area is 264 Å². The van der Waals surface area contributed by atoms with Crippen molar-refractivity contribution in [1.29, 1.82) is 0 Å². The van der Waals surface area contributed by atoms with Crippen LogP contribution in [0.2, 0.25) is 12.1 Å². The van der Waals surface area contributed by atoms with Gasteiger partial charge in [-0.3, -0.25) is 0 Å². The third kappa shape index (κ3) is 8.59. The number of hydrogen-bond donors (Lipinski definition) is 0. The van der Waals surface area contributed by atoms with Crippen LogP contribution in [0.15, 0.2) is 48.6 Å². The lowest BCUT2D eigenvalue weighted by atomic mass is 9.48. The smallest absolute Gasteiger partial charge is 0.103 e. The normalized spacial score (nSPS) is 36.4. The van der Waals surface area contributed by atoms with Crippen molar-refractivity contribution in [3.8, 4) is 0 Å². The highest BCUT2D eigenvalue weighted by atomic mass is 14.5. The second-order valence-electron chi connectivity index (χ2n) is 15.4. The molecule has 0 spiro atoms. The molecule has 3 saturated carbocycles. The van der Waals surface area contributed by atoms with Crippen LogP contribution < -0.4 is 0 Å². The predicted molar refractivity (Wildman–Crippen MR) is 188 cm³/mol. The quantitative estimate of drug-likeness (QED) is 0.0794. The summed E-state index contributed by atoms with van der Waals surface area (Å²) in [7, 11) is 2.71. The maximum atomic E-state index is 4.40. The molecule has 0 saturated heterocycles. The third-order valence-corrected chi connectivity index (χ3v) is 13.0. The van der Waals surface area contributed by atoms with E-state index in [4.69, 9.17) is 0 Å². The van der Waals surface area contributed by atoms with Crippen LogP contribution in [0.3, 0.4) is 0 Å². The number of hydrogen-bond acceptors (Lipinski definition) is 0. The van der Waals surface area contributed by atoms with Crippen molar-refractivity contribution >= 4 is 7.28 Å². The molecule has 0 heterocycles. The first-order valence-corrected chi connectivity index (χ1v) is 19.0. The second-order valence-corrected chi connectivity index (χ2v) is 15.4. The Balaban J connectivity index is 1.42. The molecule has 0 aromatic carbocycles. The van der Waals surface area contributed by atoms with Crippen LogP contribution in [0.1, 0.15) is 143 Å². The van der Waals surface area contributed by atoms with E-state index in [1.54, 1.807) is 11.1 Å². The zero-order valence-corrected chi connectivity index (χ0v) is 28.5. The molecule has 0 aromatic heterocycles. The average Bonchev–Trinajstić information content (AvgIpc) is 3.02. The van der Waals surface area contributed by atoms with E-state index >= 15 is 0 Å². The van der Waals surface area contributed by atoms with Crippen LogP contribution in [0, 0.1) is 53.3 Å². The molecule has 235 valence electrons. The zero-order valence-electron chi connectivity index (χ0n) is 28.5. The lowest BCUT2D eigenvalue weighted by molar-refractivity contribution is 0.0364. The van der Waals surface area contributed by atoms with E-state index in [1.807, 2.05) is 0 Å². The minimum atomic E-state index is 0.676. The van der Waals surface area contributed by atoms with Gasteiger partial charge in [-0.15, -0.1) is 6.58 Å². The molecule has 4 rings (SSSR count). The van der Waals surface area contributed by atoms with Gasteiger partial charge in [-0.05, 0) is 130 Å². The van der Waals surface area contributed by atoms with Crippen molar-refractivity contribution in [3.63, 3.8) is 0 Å². The molecule has 3 fully saturated rings. The van der Waals surface area contributed by atoms with E-state index in [2.05, 4.69) is 72.4 Å². The molecule has 0 amide bonds. The topological polar surface area (TPSA) is 0 Å². The first-order valence-electron chi connectivity index (χ1n) is 19.0. The van der Waals surface area contributed by atoms with Gasteiger partial charge in [0.25, 0.3) is 0 Å². The van der Waals surface area contributed by atoms with Crippen molar-refractivity contribution < 1.29 is 0 Å². The van der Waals surface area contributed by atoms with Gasteiger partial charge in [0.15, 0.2) is 0 Å². The molecule has 1 radical (unpaired) electrons. The summed E-state index contributed by atoms with van der Waals surface area (Å²) in [5, 5.41) is 0. The lowest BCUT2D eigenvalue weighted by Gasteiger charge is -2.50. The number of rotatable bonds is 15. The van der Waals surface area contributed by atoms with Gasteiger partial charge in [0, 0.05) is 0 Å². The summed E-state index contributed by atoms with van der Waals surface area (Å²) in [6.07, 6.45) is 36.3. The Morgan fingerprint density at radius 3 is 2.48 bits per heavy atom. The molecule has 0 bridgehead atoms. The van der Waals surface area contributed by atoms with E-state index in [0.29, 0.717) is 5.92 Å². The highest BCUT2D eigenvalue weighted by molar-refractivity contribution is 6.37. The predicted octanol–water partition coefficient (Wildman–Crippen LogP) is 12.8. The fourth-order valence-corrected chi connectivity index (χ4v) is 10.5. The summed E-state index contributed by atoms with van der Waals surface area (Å²) in [6, 6.07) is 0. The van der Waals surface area contributed by atoms with E-state index in [1.165, 1.54) is 122 Å². The fourth-order valence-electron chi connectivity index (χ4n) is 10.5. The van der Waals surface area contributed by atoms with Gasteiger partial charge < -0.3 is 0 Å². The molecule has 42 heavy (non-hydrogen) atoms. The standard InChI is InChI=1S/C41H68B/c1-7-11-18-32-19-13-14-20-37(32)36(10-4)31(6)30(5)28-33-23-25-39(40-22-16-15-21-38(33)40)34-24-26-41(42-27-12-8-2)35(29-34)17-9-3/h9-10,15,21,30,32-35,37-41H,3-4,7-8,11-14,16-20,22-29H2,1-2,5-6H3/b36-31+. The molecule has 4 aliphatic carbocycles. The number of fused-ring (bicyclic) bond motifs is 1. The molecule has 0 aliphatic heterocycles. The summed E-state index contributed by atoms with van der Waals surface area (Å²) in [5.74, 6) is 8.53. The van der Waals surface area contributed by atoms with Gasteiger partial charge in [0.1, 0.15) is 7.28 Å². The van der Waals surface area contributed by atoms with Gasteiger partial charge in [-0.1, -0.05) is 121 Å². The Morgan fingerprint density at radius 1 is 0.905 bits per heavy atom. The Kier molecular flexibility index (Phi) is 14.1. The molecule has 0 nitrogen and oxygen atoms in total. The monoisotopic (exact) mass is 572 g/mol. The number of allylic oxidation sites excluding steroid dienone is 6. The average molecular weight is 572 g/mol. The van der Waals surface area contributed by atoms with Gasteiger partial charge >= 0.3 is 0 Å². The zero-order chi connectivity index (χ0) is 29.9. The summed E-state index contributed by atoms with van der Waals surface area (Å²) < 4.78 is 0. The fraction of sp³-hybridized carbons (Fsp3) is 0.805. The van der Waals surface area contributed by atoms with Crippen LogP contribution in [0.25, 0.3) is 0 Å². The van der Waals surface area contributed by atoms with Gasteiger partial charge in [-0.2, -0.15) is 0 Å². The molecular formula is C41H68B. The van der Waals surface area contributed by atoms with Crippen LogP contribution in [0.5, 0.6) is 0 Å². The molecule has 10 atom stereocenters. The van der Waals surface area contributed by atoms with Crippen LogP contribution in [-0.4, -0.2) is 7.28 Å². The van der Waals surface area contributed by atoms with Crippen LogP contribution >= 0.6 is 0 Å². The van der Waals surface area contributed by atoms with E-state index in [0.717, 1.165) is 53.2 Å². The molecular weight excluding hydrogens is 503 g/mol. The Bertz CT molecular complexity index is 879. The summed E-state index contributed by atoms with van der Waals surface area (Å²) in [5.41, 5.74) is 3.33. The van der Waals surface area contributed by atoms with Crippen LogP contribution in [0.4, 0.5) is 0 Å². The lowest BCUT2D eigenvalue weighted by Crippen LogP contribution is -2.41. The molecule has 0 aromatic rings. The minimum absolute atomic E-state index is 0.676. The highest BCUT2D eigenvalue weighted by Crippen LogP contribution is 2.54. The number of unbranched alkanes of at least 4 members (excludes halogenated alkanes) is 2. The van der Waals surface area contributed by atoms with E-state index < -0.39 is 0 Å². The van der Waals surface area contributed by atoms with E-state index in [9.17, 15) is 0 Å². The second kappa shape index (κ2) is 17.5. The van der Waals surface area contributed by atoms with Crippen LogP contribution in [-0.2, 0) is 0 Å². The summed E-state index contributed by atoms with van der Waals surface area (Å²) in [4.78, 5) is 0. The third-order valence-electron chi connectivity index (χ3n) is 13.0. The van der Waals surface area contributed by atoms with Crippen molar-refractivity contribution in [2.75, 3.05) is 0 Å². The van der Waals surface area contributed by atoms with Crippen molar-refractivity contribution in [2.24, 2.45) is 53.3 Å². The van der Waals surface area contributed by atoms with Gasteiger partial charge in [-0.25, -0.2) is 0 Å². The Morgan fingerprint density at radius 2 is 1.71 bits per heavy atom. The summed E-state index contributed by atoms with van der Waals surface area (Å²) >= 11 is 0. The first kappa shape index (κ1) is 33.9. The van der Waals surface area contributed by atoms with Gasteiger partial charge in [0.2, 0.25) is 0 Å². The molecule has 10 unspecified atom stereocenters. The Hall–Kier alpha value is -0.975. The highest BCUT2D eigenvalue weighted by Gasteiger charge is 2.44. The summed E-state index contributed by atoms with van der Waals surface area (Å²) in [6.45, 7) is 18.3. The van der Waals surface area contributed by atoms with Gasteiger partial charge in [0.05, 0.1) is 0 Å². The van der Waals surface area contributed by atoms with E-state index in [-0.39, 0.29) is 0 Å². The van der Waals surface area contributed by atoms with Crippen molar-refractivity contribution in [1.82, 2.24) is 0 Å². The molecule has 4 aliphatic rings. The minimum Gasteiger partial charge on any atom is -0.103 e. The maximum Gasteiger partial charge on any atom is 0.113 e. The van der Waals surface area contributed by atoms with Crippen molar-refractivity contribution in [2.45, 2.75) is 155 Å². The molecule has 1 heteroatoms. The SMILES string of the molecule is C=CCC1CC(C2CCC(CC(C)/C(C)=C(\C=C)C3CCCCC3CCCC)C3C=CCCC32)CCC1[B]CCCC. The van der Waals surface area contributed by atoms with Crippen molar-refractivity contribution in [3.05, 3.63) is 48.6 Å². The maximum absolute atomic E-state index is 4.40. The largest absolute Gasteiger partial charge is 0.113 e.